The lowest BCUT2D eigenvalue weighted by atomic mass is 9.69. The third kappa shape index (κ3) is 9.29. The molecule has 0 amide bonds. The van der Waals surface area contributed by atoms with Crippen LogP contribution in [0.5, 0.6) is 17.2 Å². The first kappa shape index (κ1) is 46.0. The lowest BCUT2D eigenvalue weighted by Crippen LogP contribution is -2.26. The number of rotatable bonds is 6. The standard InChI is InChI=1S/C54H78O3/c1-31-32(2)37(28-34-22-25-40(55)46(52(13,14)15)43(34)49(4,5)6)39(30-36-24-27-42(57)48(54(19,20)21)45(36)51(10,11)12)38(33(31)3)29-35-23-26-41(56)47(53(16,17)18)44(35)50(7,8)9/h22-27,55-57H,28-30H2,1-21H3. The van der Waals surface area contributed by atoms with E-state index in [-0.39, 0.29) is 32.5 Å². The maximum atomic E-state index is 11.5. The van der Waals surface area contributed by atoms with Crippen LogP contribution in [0, 0.1) is 20.8 Å². The van der Waals surface area contributed by atoms with E-state index >= 15 is 0 Å². The topological polar surface area (TPSA) is 60.7 Å². The molecule has 0 aromatic heterocycles. The van der Waals surface area contributed by atoms with Crippen LogP contribution in [0.4, 0.5) is 0 Å². The molecule has 0 heterocycles. The Balaban J connectivity index is 2.24. The maximum Gasteiger partial charge on any atom is 0.119 e. The molecule has 0 aliphatic carbocycles. The summed E-state index contributed by atoms with van der Waals surface area (Å²) in [4.78, 5) is 0. The lowest BCUT2D eigenvalue weighted by molar-refractivity contribution is 0.433. The Morgan fingerprint density at radius 3 is 0.719 bits per heavy atom. The normalized spacial score (nSPS) is 13.4. The van der Waals surface area contributed by atoms with Gasteiger partial charge in [-0.2, -0.15) is 0 Å². The van der Waals surface area contributed by atoms with Gasteiger partial charge in [-0.3, -0.25) is 0 Å². The molecule has 0 saturated carbocycles. The molecule has 0 bridgehead atoms. The number of hydrogen-bond acceptors (Lipinski definition) is 3. The summed E-state index contributed by atoms with van der Waals surface area (Å²) in [6.07, 6.45) is 2.18. The molecule has 0 radical (unpaired) electrons. The Hall–Kier alpha value is -3.72. The van der Waals surface area contributed by atoms with Gasteiger partial charge in [0.1, 0.15) is 17.2 Å². The number of phenols is 3. The van der Waals surface area contributed by atoms with Crippen LogP contribution in [0.1, 0.15) is 208 Å². The average Bonchev–Trinajstić information content (AvgIpc) is 3.01. The van der Waals surface area contributed by atoms with Gasteiger partial charge in [0.05, 0.1) is 0 Å². The van der Waals surface area contributed by atoms with E-state index in [0.717, 1.165) is 29.5 Å². The highest BCUT2D eigenvalue weighted by atomic mass is 16.3. The zero-order valence-electron chi connectivity index (χ0n) is 39.9. The van der Waals surface area contributed by atoms with Crippen molar-refractivity contribution >= 4 is 0 Å². The summed E-state index contributed by atoms with van der Waals surface area (Å²) >= 11 is 0. The predicted octanol–water partition coefficient (Wildman–Crippen LogP) is 14.3. The van der Waals surface area contributed by atoms with Gasteiger partial charge in [0.15, 0.2) is 0 Å². The second kappa shape index (κ2) is 15.1. The maximum absolute atomic E-state index is 11.5. The number of aromatic hydroxyl groups is 3. The van der Waals surface area contributed by atoms with E-state index in [1.165, 1.54) is 66.8 Å². The summed E-state index contributed by atoms with van der Waals surface area (Å²) < 4.78 is 0. The summed E-state index contributed by atoms with van der Waals surface area (Å²) in [5, 5.41) is 34.4. The molecule has 57 heavy (non-hydrogen) atoms. The van der Waals surface area contributed by atoms with Gasteiger partial charge in [0.25, 0.3) is 0 Å². The zero-order valence-corrected chi connectivity index (χ0v) is 39.9. The molecule has 0 saturated heterocycles. The molecule has 0 aliphatic heterocycles. The summed E-state index contributed by atoms with van der Waals surface area (Å²) in [6, 6.07) is 12.2. The third-order valence-electron chi connectivity index (χ3n) is 12.2. The van der Waals surface area contributed by atoms with Crippen LogP contribution in [-0.4, -0.2) is 15.3 Å². The fourth-order valence-corrected chi connectivity index (χ4v) is 9.83. The van der Waals surface area contributed by atoms with Crippen molar-refractivity contribution in [2.24, 2.45) is 0 Å². The van der Waals surface area contributed by atoms with E-state index in [0.29, 0.717) is 23.7 Å². The van der Waals surface area contributed by atoms with Gasteiger partial charge in [-0.15, -0.1) is 0 Å². The molecular formula is C54H78O3. The van der Waals surface area contributed by atoms with Gasteiger partial charge in [-0.25, -0.2) is 0 Å². The molecule has 312 valence electrons. The lowest BCUT2D eigenvalue weighted by Gasteiger charge is -2.35. The molecule has 3 heteroatoms. The largest absolute Gasteiger partial charge is 0.508 e. The summed E-state index contributed by atoms with van der Waals surface area (Å²) in [5.74, 6) is 1.08. The minimum atomic E-state index is -0.262. The number of benzene rings is 4. The Labute approximate surface area is 348 Å². The van der Waals surface area contributed by atoms with Gasteiger partial charge in [-0.1, -0.05) is 143 Å². The number of hydrogen-bond donors (Lipinski definition) is 3. The first-order valence-electron chi connectivity index (χ1n) is 21.3. The molecule has 4 aromatic rings. The van der Waals surface area contributed by atoms with Crippen LogP contribution in [0.15, 0.2) is 36.4 Å². The minimum absolute atomic E-state index is 0.206. The SMILES string of the molecule is Cc1c(C)c(Cc2ccc(O)c(C(C)(C)C)c2C(C)(C)C)c(Cc2ccc(O)c(C(C)(C)C)c2C(C)(C)C)c(Cc2ccc(O)c(C(C)(C)C)c2C(C)(C)C)c1C. The second-order valence-corrected chi connectivity index (χ2v) is 23.3. The first-order chi connectivity index (χ1) is 25.6. The highest BCUT2D eigenvalue weighted by Gasteiger charge is 2.35. The van der Waals surface area contributed by atoms with E-state index in [1.54, 1.807) is 0 Å². The predicted molar refractivity (Wildman–Crippen MR) is 246 cm³/mol. The van der Waals surface area contributed by atoms with Crippen LogP contribution in [0.25, 0.3) is 0 Å². The molecule has 3 nitrogen and oxygen atoms in total. The van der Waals surface area contributed by atoms with E-state index in [9.17, 15) is 15.3 Å². The molecule has 0 atom stereocenters. The van der Waals surface area contributed by atoms with Gasteiger partial charge in [-0.05, 0) is 157 Å². The van der Waals surface area contributed by atoms with Gasteiger partial charge < -0.3 is 15.3 Å². The van der Waals surface area contributed by atoms with Crippen molar-refractivity contribution in [2.75, 3.05) is 0 Å². The third-order valence-corrected chi connectivity index (χ3v) is 12.2. The van der Waals surface area contributed by atoms with E-state index < -0.39 is 0 Å². The molecule has 0 fully saturated rings. The van der Waals surface area contributed by atoms with Gasteiger partial charge in [0, 0.05) is 16.7 Å². The summed E-state index contributed by atoms with van der Waals surface area (Å²) in [5.41, 5.74) is 17.0. The summed E-state index contributed by atoms with van der Waals surface area (Å²) in [7, 11) is 0. The van der Waals surface area contributed by atoms with Crippen molar-refractivity contribution in [3.63, 3.8) is 0 Å². The monoisotopic (exact) mass is 775 g/mol. The van der Waals surface area contributed by atoms with Crippen molar-refractivity contribution in [3.8, 4) is 17.2 Å². The molecule has 3 N–H and O–H groups in total. The van der Waals surface area contributed by atoms with E-state index in [2.05, 4.69) is 164 Å². The van der Waals surface area contributed by atoms with E-state index in [4.69, 9.17) is 0 Å². The fourth-order valence-electron chi connectivity index (χ4n) is 9.83. The molecule has 0 aliphatic rings. The van der Waals surface area contributed by atoms with Crippen molar-refractivity contribution in [1.29, 1.82) is 0 Å². The van der Waals surface area contributed by atoms with Crippen molar-refractivity contribution in [1.82, 2.24) is 0 Å². The van der Waals surface area contributed by atoms with Crippen molar-refractivity contribution in [2.45, 2.75) is 197 Å². The van der Waals surface area contributed by atoms with Crippen LogP contribution in [-0.2, 0) is 51.8 Å². The molecule has 4 aromatic carbocycles. The summed E-state index contributed by atoms with van der Waals surface area (Å²) in [6.45, 7) is 47.1. The van der Waals surface area contributed by atoms with Crippen LogP contribution >= 0.6 is 0 Å². The molecule has 4 rings (SSSR count). The van der Waals surface area contributed by atoms with Gasteiger partial charge in [0.2, 0.25) is 0 Å². The zero-order chi connectivity index (χ0) is 43.8. The van der Waals surface area contributed by atoms with Crippen LogP contribution in [0.3, 0.4) is 0 Å². The van der Waals surface area contributed by atoms with E-state index in [1.807, 2.05) is 18.2 Å². The first-order valence-corrected chi connectivity index (χ1v) is 21.3. The average molecular weight is 775 g/mol. The van der Waals surface area contributed by atoms with Crippen molar-refractivity contribution in [3.05, 3.63) is 120 Å². The Morgan fingerprint density at radius 1 is 0.298 bits per heavy atom. The highest BCUT2D eigenvalue weighted by Crippen LogP contribution is 2.47. The van der Waals surface area contributed by atoms with Crippen molar-refractivity contribution < 1.29 is 15.3 Å². The molecular weight excluding hydrogens is 697 g/mol. The Morgan fingerprint density at radius 2 is 0.509 bits per heavy atom. The number of phenolic OH excluding ortho intramolecular Hbond substituents is 3. The second-order valence-electron chi connectivity index (χ2n) is 23.3. The highest BCUT2D eigenvalue weighted by molar-refractivity contribution is 5.61. The fraction of sp³-hybridized carbons (Fsp3) is 0.556. The Kier molecular flexibility index (Phi) is 12.2. The smallest absolute Gasteiger partial charge is 0.119 e. The minimum Gasteiger partial charge on any atom is -0.508 e. The van der Waals surface area contributed by atoms with Crippen LogP contribution in [0.2, 0.25) is 0 Å². The Bertz CT molecular complexity index is 2040. The van der Waals surface area contributed by atoms with Crippen LogP contribution < -0.4 is 0 Å². The van der Waals surface area contributed by atoms with Gasteiger partial charge >= 0.3 is 0 Å². The molecule has 0 unspecified atom stereocenters. The quantitative estimate of drug-likeness (QED) is 0.183. The molecule has 0 spiro atoms.